The van der Waals surface area contributed by atoms with Crippen LogP contribution in [0.5, 0.6) is 0 Å². The monoisotopic (exact) mass is 257 g/mol. The van der Waals surface area contributed by atoms with Crippen molar-refractivity contribution in [3.05, 3.63) is 52.2 Å². The summed E-state index contributed by atoms with van der Waals surface area (Å²) in [6.45, 7) is 3.02. The summed E-state index contributed by atoms with van der Waals surface area (Å²) >= 11 is 0. The van der Waals surface area contributed by atoms with Gasteiger partial charge in [0.1, 0.15) is 0 Å². The topological polar surface area (TPSA) is 49.8 Å². The Morgan fingerprint density at radius 2 is 2.21 bits per heavy atom. The minimum absolute atomic E-state index is 0.0775. The van der Waals surface area contributed by atoms with Gasteiger partial charge in [-0.1, -0.05) is 18.6 Å². The maximum absolute atomic E-state index is 11.8. The lowest BCUT2D eigenvalue weighted by Crippen LogP contribution is -2.27. The summed E-state index contributed by atoms with van der Waals surface area (Å²) in [5.74, 6) is 0. The molecule has 0 aliphatic carbocycles. The highest BCUT2D eigenvalue weighted by atomic mass is 16.1. The van der Waals surface area contributed by atoms with Crippen molar-refractivity contribution >= 4 is 0 Å². The molecule has 4 heteroatoms. The molecule has 1 aromatic heterocycles. The minimum Gasteiger partial charge on any atom is -0.312 e. The summed E-state index contributed by atoms with van der Waals surface area (Å²) in [5, 5.41) is 3.54. The Bertz CT molecular complexity index is 620. The van der Waals surface area contributed by atoms with Crippen LogP contribution >= 0.6 is 0 Å². The number of H-pyrrole nitrogens is 1. The molecule has 0 spiro atoms. The molecule has 0 amide bonds. The average Bonchev–Trinajstić information content (AvgIpc) is 2.79. The summed E-state index contributed by atoms with van der Waals surface area (Å²) in [4.78, 5) is 14.5. The van der Waals surface area contributed by atoms with Crippen molar-refractivity contribution < 1.29 is 0 Å². The number of nitrogens with one attached hydrogen (secondary N) is 2. The highest BCUT2D eigenvalue weighted by Crippen LogP contribution is 2.24. The maximum atomic E-state index is 11.8. The zero-order chi connectivity index (χ0) is 13.2. The molecule has 1 saturated heterocycles. The van der Waals surface area contributed by atoms with Crippen molar-refractivity contribution in [1.82, 2.24) is 14.9 Å². The molecule has 1 atom stereocenters. The Labute approximate surface area is 112 Å². The molecule has 0 radical (unpaired) electrons. The van der Waals surface area contributed by atoms with E-state index in [4.69, 9.17) is 0 Å². The quantitative estimate of drug-likeness (QED) is 0.867. The van der Waals surface area contributed by atoms with Crippen molar-refractivity contribution in [3.8, 4) is 5.69 Å². The smallest absolute Gasteiger partial charge is 0.312 e. The van der Waals surface area contributed by atoms with Gasteiger partial charge in [-0.15, -0.1) is 0 Å². The SMILES string of the molecule is Cc1c[nH]c(=O)n1-c1cccc(C2CCCCN2)c1. The largest absolute Gasteiger partial charge is 0.330 e. The molecule has 2 aromatic rings. The molecule has 1 aliphatic heterocycles. The fraction of sp³-hybridized carbons (Fsp3) is 0.400. The standard InChI is InChI=1S/C15H19N3O/c1-11-10-17-15(19)18(11)13-6-4-5-12(9-13)14-7-2-3-8-16-14/h4-6,9-10,14,16H,2-3,7-8H2,1H3,(H,17,19). The second kappa shape index (κ2) is 5.05. The van der Waals surface area contributed by atoms with Crippen LogP contribution in [0.3, 0.4) is 0 Å². The van der Waals surface area contributed by atoms with E-state index in [1.165, 1.54) is 24.8 Å². The molecule has 19 heavy (non-hydrogen) atoms. The summed E-state index contributed by atoms with van der Waals surface area (Å²) in [7, 11) is 0. The number of hydrogen-bond donors (Lipinski definition) is 2. The molecule has 1 aromatic carbocycles. The normalized spacial score (nSPS) is 19.5. The zero-order valence-corrected chi connectivity index (χ0v) is 11.1. The van der Waals surface area contributed by atoms with Gasteiger partial charge in [-0.05, 0) is 44.0 Å². The predicted octanol–water partition coefficient (Wildman–Crippen LogP) is 2.29. The van der Waals surface area contributed by atoms with Gasteiger partial charge in [0, 0.05) is 17.9 Å². The van der Waals surface area contributed by atoms with Gasteiger partial charge in [-0.2, -0.15) is 0 Å². The summed E-state index contributed by atoms with van der Waals surface area (Å²) in [5.41, 5.74) is 3.06. The third-order valence-corrected chi connectivity index (χ3v) is 3.80. The lowest BCUT2D eigenvalue weighted by Gasteiger charge is -2.24. The zero-order valence-electron chi connectivity index (χ0n) is 11.1. The fourth-order valence-electron chi connectivity index (χ4n) is 2.79. The van der Waals surface area contributed by atoms with Crippen molar-refractivity contribution in [2.24, 2.45) is 0 Å². The molecule has 0 bridgehead atoms. The van der Waals surface area contributed by atoms with Gasteiger partial charge in [-0.25, -0.2) is 4.79 Å². The highest BCUT2D eigenvalue weighted by molar-refractivity contribution is 5.38. The molecule has 100 valence electrons. The van der Waals surface area contributed by atoms with Crippen LogP contribution in [0.15, 0.2) is 35.3 Å². The van der Waals surface area contributed by atoms with Crippen LogP contribution in [0.1, 0.15) is 36.6 Å². The van der Waals surface area contributed by atoms with Gasteiger partial charge in [0.25, 0.3) is 0 Å². The number of hydrogen-bond acceptors (Lipinski definition) is 2. The molecule has 1 fully saturated rings. The third-order valence-electron chi connectivity index (χ3n) is 3.80. The van der Waals surface area contributed by atoms with Crippen molar-refractivity contribution in [1.29, 1.82) is 0 Å². The van der Waals surface area contributed by atoms with Gasteiger partial charge in [-0.3, -0.25) is 4.57 Å². The van der Waals surface area contributed by atoms with Crippen molar-refractivity contribution in [2.45, 2.75) is 32.2 Å². The van der Waals surface area contributed by atoms with Crippen LogP contribution in [0.25, 0.3) is 5.69 Å². The van der Waals surface area contributed by atoms with E-state index >= 15 is 0 Å². The summed E-state index contributed by atoms with van der Waals surface area (Å²) < 4.78 is 1.71. The van der Waals surface area contributed by atoms with E-state index in [0.717, 1.165) is 17.9 Å². The lowest BCUT2D eigenvalue weighted by atomic mass is 9.97. The molecule has 4 nitrogen and oxygen atoms in total. The van der Waals surface area contributed by atoms with Gasteiger partial charge in [0.05, 0.1) is 5.69 Å². The van der Waals surface area contributed by atoms with E-state index in [1.54, 1.807) is 10.8 Å². The lowest BCUT2D eigenvalue weighted by molar-refractivity contribution is 0.412. The number of aromatic nitrogens is 2. The number of imidazole rings is 1. The van der Waals surface area contributed by atoms with E-state index in [-0.39, 0.29) is 5.69 Å². The highest BCUT2D eigenvalue weighted by Gasteiger charge is 2.15. The van der Waals surface area contributed by atoms with E-state index in [0.29, 0.717) is 6.04 Å². The second-order valence-corrected chi connectivity index (χ2v) is 5.17. The fourth-order valence-corrected chi connectivity index (χ4v) is 2.79. The number of aromatic amines is 1. The van der Waals surface area contributed by atoms with Gasteiger partial charge >= 0.3 is 5.69 Å². The Morgan fingerprint density at radius 3 is 2.89 bits per heavy atom. The number of nitrogens with zero attached hydrogens (tertiary/aromatic N) is 1. The maximum Gasteiger partial charge on any atom is 0.330 e. The van der Waals surface area contributed by atoms with Crippen LogP contribution in [0.2, 0.25) is 0 Å². The molecule has 3 rings (SSSR count). The van der Waals surface area contributed by atoms with Crippen LogP contribution in [0.4, 0.5) is 0 Å². The first-order valence-electron chi connectivity index (χ1n) is 6.86. The first-order chi connectivity index (χ1) is 9.25. The second-order valence-electron chi connectivity index (χ2n) is 5.17. The molecular weight excluding hydrogens is 238 g/mol. The minimum atomic E-state index is -0.0775. The van der Waals surface area contributed by atoms with Crippen LogP contribution in [0, 0.1) is 6.92 Å². The van der Waals surface area contributed by atoms with Crippen LogP contribution in [-0.4, -0.2) is 16.1 Å². The molecule has 2 N–H and O–H groups in total. The summed E-state index contributed by atoms with van der Waals surface area (Å²) in [6, 6.07) is 8.68. The molecular formula is C15H19N3O. The predicted molar refractivity (Wildman–Crippen MR) is 75.7 cm³/mol. The number of aryl methyl sites for hydroxylation is 1. The molecule has 1 aliphatic rings. The van der Waals surface area contributed by atoms with Crippen molar-refractivity contribution in [3.63, 3.8) is 0 Å². The molecule has 1 unspecified atom stereocenters. The van der Waals surface area contributed by atoms with Gasteiger partial charge in [0.2, 0.25) is 0 Å². The number of piperidine rings is 1. The van der Waals surface area contributed by atoms with Crippen molar-refractivity contribution in [2.75, 3.05) is 6.54 Å². The Hall–Kier alpha value is -1.81. The van der Waals surface area contributed by atoms with Gasteiger partial charge < -0.3 is 10.3 Å². The average molecular weight is 257 g/mol. The van der Waals surface area contributed by atoms with Gasteiger partial charge in [0.15, 0.2) is 0 Å². The Kier molecular flexibility index (Phi) is 3.25. The van der Waals surface area contributed by atoms with Crippen LogP contribution < -0.4 is 11.0 Å². The summed E-state index contributed by atoms with van der Waals surface area (Å²) in [6.07, 6.45) is 5.44. The molecule has 2 heterocycles. The number of rotatable bonds is 2. The molecule has 0 saturated carbocycles. The first-order valence-corrected chi connectivity index (χ1v) is 6.86. The van der Waals surface area contributed by atoms with E-state index in [9.17, 15) is 4.79 Å². The Balaban J connectivity index is 1.98. The van der Waals surface area contributed by atoms with Crippen LogP contribution in [-0.2, 0) is 0 Å². The third kappa shape index (κ3) is 2.36. The van der Waals surface area contributed by atoms with E-state index in [2.05, 4.69) is 22.4 Å². The van der Waals surface area contributed by atoms with E-state index in [1.807, 2.05) is 19.1 Å². The number of benzene rings is 1. The van der Waals surface area contributed by atoms with E-state index < -0.39 is 0 Å². The Morgan fingerprint density at radius 1 is 1.32 bits per heavy atom. The first kappa shape index (κ1) is 12.2.